The van der Waals surface area contributed by atoms with Crippen molar-refractivity contribution in [3.63, 3.8) is 0 Å². The molecule has 2 unspecified atom stereocenters. The summed E-state index contributed by atoms with van der Waals surface area (Å²) < 4.78 is 16.4. The molecule has 1 aliphatic rings. The first-order valence-corrected chi connectivity index (χ1v) is 5.88. The minimum absolute atomic E-state index is 0.0109. The second-order valence-corrected chi connectivity index (χ2v) is 5.49. The zero-order valence-electron chi connectivity index (χ0n) is 8.84. The van der Waals surface area contributed by atoms with E-state index in [0.717, 1.165) is 23.3 Å². The first-order valence-electron chi connectivity index (χ1n) is 4.88. The number of hydrogen-bond acceptors (Lipinski definition) is 3. The summed E-state index contributed by atoms with van der Waals surface area (Å²) in [6.07, 6.45) is 3.69. The van der Waals surface area contributed by atoms with Crippen molar-refractivity contribution < 1.29 is 14.2 Å². The zero-order chi connectivity index (χ0) is 9.73. The Bertz CT molecular complexity index is 146. The van der Waals surface area contributed by atoms with Crippen LogP contribution in [-0.4, -0.2) is 49.0 Å². The van der Waals surface area contributed by atoms with E-state index in [2.05, 4.69) is 0 Å². The van der Waals surface area contributed by atoms with Crippen molar-refractivity contribution in [2.24, 2.45) is 0 Å². The molecule has 1 saturated heterocycles. The Morgan fingerprint density at radius 3 is 2.69 bits per heavy atom. The van der Waals surface area contributed by atoms with E-state index in [1.165, 1.54) is 12.8 Å². The highest BCUT2D eigenvalue weighted by Gasteiger charge is 2.36. The van der Waals surface area contributed by atoms with Crippen molar-refractivity contribution in [1.82, 2.24) is 0 Å². The summed E-state index contributed by atoms with van der Waals surface area (Å²) in [5, 5.41) is -0.0109. The van der Waals surface area contributed by atoms with Crippen LogP contribution < -0.4 is 0 Å². The van der Waals surface area contributed by atoms with Gasteiger partial charge in [-0.25, -0.2) is 0 Å². The van der Waals surface area contributed by atoms with Gasteiger partial charge < -0.3 is 14.2 Å². The van der Waals surface area contributed by atoms with Crippen LogP contribution in [0, 0.1) is 0 Å². The fourth-order valence-electron chi connectivity index (χ4n) is 1.85. The minimum Gasteiger partial charge on any atom is -0.382 e. The molecule has 1 fully saturated rings. The lowest BCUT2D eigenvalue weighted by Gasteiger charge is -2.39. The lowest BCUT2D eigenvalue weighted by Crippen LogP contribution is -2.50. The van der Waals surface area contributed by atoms with Crippen LogP contribution in [0.25, 0.3) is 0 Å². The van der Waals surface area contributed by atoms with Crippen LogP contribution in [0.15, 0.2) is 0 Å². The molecule has 78 valence electrons. The first kappa shape index (κ1) is 11.2. The van der Waals surface area contributed by atoms with Gasteiger partial charge in [0, 0.05) is 31.1 Å². The van der Waals surface area contributed by atoms with E-state index in [9.17, 15) is 0 Å². The standard InChI is InChI=1S/C9H20O3Si/c1-10-7-8(11-2)9(13)5-3-4-6-12-9/h8H,3-7H2,1-2,13H3. The molecule has 1 heterocycles. The summed E-state index contributed by atoms with van der Waals surface area (Å²) in [5.74, 6) is 0. The average molecular weight is 204 g/mol. The number of ether oxygens (including phenoxy) is 3. The molecule has 13 heavy (non-hydrogen) atoms. The van der Waals surface area contributed by atoms with Crippen LogP contribution in [0.3, 0.4) is 0 Å². The molecular formula is C9H20O3Si. The van der Waals surface area contributed by atoms with Crippen LogP contribution >= 0.6 is 0 Å². The lowest BCUT2D eigenvalue weighted by atomic mass is 10.0. The summed E-state index contributed by atoms with van der Waals surface area (Å²) in [4.78, 5) is 0. The summed E-state index contributed by atoms with van der Waals surface area (Å²) in [6.45, 7) is 1.52. The average Bonchev–Trinajstić information content (AvgIpc) is 2.15. The highest BCUT2D eigenvalue weighted by Crippen LogP contribution is 2.26. The molecule has 4 heteroatoms. The van der Waals surface area contributed by atoms with Crippen LogP contribution in [0.4, 0.5) is 0 Å². The molecule has 3 nitrogen and oxygen atoms in total. The van der Waals surface area contributed by atoms with Crippen LogP contribution in [0.1, 0.15) is 19.3 Å². The molecule has 0 aromatic heterocycles. The maximum atomic E-state index is 5.83. The van der Waals surface area contributed by atoms with Gasteiger partial charge in [-0.15, -0.1) is 0 Å². The smallest absolute Gasteiger partial charge is 0.105 e. The minimum atomic E-state index is -0.0109. The summed E-state index contributed by atoms with van der Waals surface area (Å²) in [5.41, 5.74) is 0. The molecule has 2 atom stereocenters. The summed E-state index contributed by atoms with van der Waals surface area (Å²) in [7, 11) is 4.46. The molecule has 0 bridgehead atoms. The third kappa shape index (κ3) is 2.77. The second kappa shape index (κ2) is 5.10. The monoisotopic (exact) mass is 204 g/mol. The molecule has 0 aromatic carbocycles. The Hall–Kier alpha value is 0.0969. The maximum Gasteiger partial charge on any atom is 0.105 e. The first-order chi connectivity index (χ1) is 6.23. The quantitative estimate of drug-likeness (QED) is 0.599. The van der Waals surface area contributed by atoms with Crippen molar-refractivity contribution in [2.45, 2.75) is 30.6 Å². The highest BCUT2D eigenvalue weighted by atomic mass is 28.1. The topological polar surface area (TPSA) is 27.7 Å². The van der Waals surface area contributed by atoms with Crippen LogP contribution in [-0.2, 0) is 14.2 Å². The normalized spacial score (nSPS) is 31.8. The van der Waals surface area contributed by atoms with Crippen molar-refractivity contribution in [2.75, 3.05) is 27.4 Å². The molecule has 1 rings (SSSR count). The van der Waals surface area contributed by atoms with Crippen molar-refractivity contribution >= 4 is 10.2 Å². The van der Waals surface area contributed by atoms with E-state index >= 15 is 0 Å². The van der Waals surface area contributed by atoms with Gasteiger partial charge in [-0.2, -0.15) is 0 Å². The largest absolute Gasteiger partial charge is 0.382 e. The zero-order valence-corrected chi connectivity index (χ0v) is 10.8. The SMILES string of the molecule is COCC(OC)C1([SiH3])CCCCO1. The Labute approximate surface area is 83.2 Å². The van der Waals surface area contributed by atoms with Gasteiger partial charge in [0.2, 0.25) is 0 Å². The lowest BCUT2D eigenvalue weighted by molar-refractivity contribution is -0.125. The molecule has 0 aliphatic carbocycles. The van der Waals surface area contributed by atoms with Crippen molar-refractivity contribution in [1.29, 1.82) is 0 Å². The second-order valence-electron chi connectivity index (χ2n) is 3.80. The van der Waals surface area contributed by atoms with E-state index < -0.39 is 0 Å². The molecule has 0 N–H and O–H groups in total. The Morgan fingerprint density at radius 2 is 2.23 bits per heavy atom. The molecule has 0 radical (unpaired) electrons. The van der Waals surface area contributed by atoms with Crippen molar-refractivity contribution in [3.05, 3.63) is 0 Å². The van der Waals surface area contributed by atoms with E-state index in [1.807, 2.05) is 0 Å². The molecule has 0 saturated carbocycles. The number of hydrogen-bond donors (Lipinski definition) is 0. The van der Waals surface area contributed by atoms with Gasteiger partial charge in [0.05, 0.1) is 11.8 Å². The predicted octanol–water partition coefficient (Wildman–Crippen LogP) is -0.0900. The van der Waals surface area contributed by atoms with Crippen molar-refractivity contribution in [3.8, 4) is 0 Å². The third-order valence-corrected chi connectivity index (χ3v) is 4.22. The van der Waals surface area contributed by atoms with Gasteiger partial charge in [-0.3, -0.25) is 0 Å². The molecule has 0 amide bonds. The van der Waals surface area contributed by atoms with Gasteiger partial charge in [-0.1, -0.05) is 0 Å². The highest BCUT2D eigenvalue weighted by molar-refractivity contribution is 6.15. The number of rotatable bonds is 4. The maximum absolute atomic E-state index is 5.83. The Balaban J connectivity index is 2.52. The summed E-state index contributed by atoms with van der Waals surface area (Å²) in [6, 6.07) is 0. The molecule has 0 aromatic rings. The molecule has 0 spiro atoms. The van der Waals surface area contributed by atoms with Gasteiger partial charge in [0.25, 0.3) is 0 Å². The van der Waals surface area contributed by atoms with Gasteiger partial charge in [0.1, 0.15) is 6.10 Å². The number of methoxy groups -OCH3 is 2. The fraction of sp³-hybridized carbons (Fsp3) is 1.00. The summed E-state index contributed by atoms with van der Waals surface area (Å²) >= 11 is 0. The van der Waals surface area contributed by atoms with Crippen LogP contribution in [0.2, 0.25) is 0 Å². The van der Waals surface area contributed by atoms with E-state index in [0.29, 0.717) is 6.61 Å². The fourth-order valence-corrected chi connectivity index (χ4v) is 2.81. The third-order valence-electron chi connectivity index (χ3n) is 2.78. The van der Waals surface area contributed by atoms with Gasteiger partial charge in [0.15, 0.2) is 0 Å². The Kier molecular flexibility index (Phi) is 4.38. The van der Waals surface area contributed by atoms with Gasteiger partial charge >= 0.3 is 0 Å². The predicted molar refractivity (Wildman–Crippen MR) is 55.1 cm³/mol. The molecular weight excluding hydrogens is 184 g/mol. The molecule has 1 aliphatic heterocycles. The van der Waals surface area contributed by atoms with E-state index in [-0.39, 0.29) is 11.3 Å². The van der Waals surface area contributed by atoms with E-state index in [1.54, 1.807) is 14.2 Å². The van der Waals surface area contributed by atoms with Crippen LogP contribution in [0.5, 0.6) is 0 Å². The van der Waals surface area contributed by atoms with E-state index in [4.69, 9.17) is 14.2 Å². The van der Waals surface area contributed by atoms with Gasteiger partial charge in [-0.05, 0) is 19.3 Å². The Morgan fingerprint density at radius 1 is 1.46 bits per heavy atom.